The molecular weight excluding hydrogens is 232 g/mol. The van der Waals surface area contributed by atoms with E-state index in [1.54, 1.807) is 0 Å². The first-order chi connectivity index (χ1) is 7.66. The maximum atomic E-state index is 3.48. The molecular formula is C14H23ClN2. The molecule has 0 aromatic heterocycles. The number of halogens is 1. The van der Waals surface area contributed by atoms with Gasteiger partial charge in [-0.1, -0.05) is 18.2 Å². The highest BCUT2D eigenvalue weighted by Gasteiger charge is 2.16. The summed E-state index contributed by atoms with van der Waals surface area (Å²) >= 11 is 0. The number of piperazine rings is 1. The second-order valence-electron chi connectivity index (χ2n) is 4.95. The zero-order valence-electron chi connectivity index (χ0n) is 11.0. The molecule has 2 nitrogen and oxygen atoms in total. The Morgan fingerprint density at radius 1 is 1.35 bits per heavy atom. The Hall–Kier alpha value is -0.570. The summed E-state index contributed by atoms with van der Waals surface area (Å²) < 4.78 is 0. The predicted octanol–water partition coefficient (Wildman–Crippen LogP) is 2.52. The Kier molecular flexibility index (Phi) is 5.44. The largest absolute Gasteiger partial charge is 0.312 e. The quantitative estimate of drug-likeness (QED) is 0.873. The predicted molar refractivity (Wildman–Crippen MR) is 75.9 cm³/mol. The van der Waals surface area contributed by atoms with Gasteiger partial charge in [-0.25, -0.2) is 0 Å². The van der Waals surface area contributed by atoms with E-state index in [0.717, 1.165) is 26.2 Å². The van der Waals surface area contributed by atoms with Gasteiger partial charge in [0.15, 0.2) is 0 Å². The van der Waals surface area contributed by atoms with Crippen molar-refractivity contribution < 1.29 is 0 Å². The van der Waals surface area contributed by atoms with Crippen LogP contribution in [0, 0.1) is 13.8 Å². The third-order valence-corrected chi connectivity index (χ3v) is 3.56. The first-order valence-corrected chi connectivity index (χ1v) is 6.17. The molecule has 0 bridgehead atoms. The third-order valence-electron chi connectivity index (χ3n) is 3.56. The van der Waals surface area contributed by atoms with Crippen molar-refractivity contribution >= 4 is 12.4 Å². The van der Waals surface area contributed by atoms with Crippen LogP contribution in [0.5, 0.6) is 0 Å². The summed E-state index contributed by atoms with van der Waals surface area (Å²) in [4.78, 5) is 2.54. The van der Waals surface area contributed by atoms with Crippen LogP contribution in [0.3, 0.4) is 0 Å². The number of aryl methyl sites for hydroxylation is 1. The van der Waals surface area contributed by atoms with Crippen molar-refractivity contribution in [1.29, 1.82) is 0 Å². The molecule has 0 amide bonds. The number of hydrogen-bond acceptors (Lipinski definition) is 2. The van der Waals surface area contributed by atoms with Crippen molar-refractivity contribution in [3.63, 3.8) is 0 Å². The fourth-order valence-electron chi connectivity index (χ4n) is 2.38. The molecule has 1 saturated heterocycles. The van der Waals surface area contributed by atoms with Crippen LogP contribution in [0.4, 0.5) is 0 Å². The standard InChI is InChI=1S/C14H22N2.ClH/c1-11-5-4-6-14(13(11)3)10-16-8-7-15-12(2)9-16;/h4-6,12,15H,7-10H2,1-3H3;1H. The molecule has 0 aliphatic carbocycles. The number of hydrogen-bond donors (Lipinski definition) is 1. The zero-order valence-corrected chi connectivity index (χ0v) is 11.8. The minimum Gasteiger partial charge on any atom is -0.312 e. The molecule has 1 aromatic rings. The van der Waals surface area contributed by atoms with Gasteiger partial charge in [-0.05, 0) is 37.5 Å². The minimum absolute atomic E-state index is 0. The van der Waals surface area contributed by atoms with Gasteiger partial charge >= 0.3 is 0 Å². The third kappa shape index (κ3) is 3.70. The molecule has 1 unspecified atom stereocenters. The van der Waals surface area contributed by atoms with Gasteiger partial charge in [-0.3, -0.25) is 4.90 Å². The van der Waals surface area contributed by atoms with Crippen molar-refractivity contribution in [1.82, 2.24) is 10.2 Å². The summed E-state index contributed by atoms with van der Waals surface area (Å²) in [5, 5.41) is 3.48. The van der Waals surface area contributed by atoms with Gasteiger partial charge in [0, 0.05) is 32.2 Å². The summed E-state index contributed by atoms with van der Waals surface area (Å²) in [6.07, 6.45) is 0. The van der Waals surface area contributed by atoms with Gasteiger partial charge in [0.1, 0.15) is 0 Å². The van der Waals surface area contributed by atoms with E-state index >= 15 is 0 Å². The van der Waals surface area contributed by atoms with Crippen molar-refractivity contribution in [3.8, 4) is 0 Å². The van der Waals surface area contributed by atoms with Crippen LogP contribution in [0.1, 0.15) is 23.6 Å². The van der Waals surface area contributed by atoms with E-state index < -0.39 is 0 Å². The fraction of sp³-hybridized carbons (Fsp3) is 0.571. The summed E-state index contributed by atoms with van der Waals surface area (Å²) in [5.74, 6) is 0. The molecule has 1 atom stereocenters. The van der Waals surface area contributed by atoms with Gasteiger partial charge in [0.2, 0.25) is 0 Å². The number of nitrogens with one attached hydrogen (secondary N) is 1. The zero-order chi connectivity index (χ0) is 11.5. The van der Waals surface area contributed by atoms with Crippen LogP contribution in [0.25, 0.3) is 0 Å². The molecule has 1 N–H and O–H groups in total. The molecule has 1 aromatic carbocycles. The van der Waals surface area contributed by atoms with Gasteiger partial charge < -0.3 is 5.32 Å². The van der Waals surface area contributed by atoms with Crippen LogP contribution >= 0.6 is 12.4 Å². The number of benzene rings is 1. The highest BCUT2D eigenvalue weighted by Crippen LogP contribution is 2.15. The summed E-state index contributed by atoms with van der Waals surface area (Å²) in [6.45, 7) is 11.2. The van der Waals surface area contributed by atoms with Crippen LogP contribution in [-0.4, -0.2) is 30.6 Å². The molecule has 17 heavy (non-hydrogen) atoms. The lowest BCUT2D eigenvalue weighted by atomic mass is 10.0. The average Bonchev–Trinajstić information content (AvgIpc) is 2.25. The molecule has 3 heteroatoms. The Balaban J connectivity index is 0.00000144. The van der Waals surface area contributed by atoms with Gasteiger partial charge in [0.05, 0.1) is 0 Å². The Morgan fingerprint density at radius 2 is 2.12 bits per heavy atom. The molecule has 0 saturated carbocycles. The van der Waals surface area contributed by atoms with E-state index in [-0.39, 0.29) is 12.4 Å². The lowest BCUT2D eigenvalue weighted by Gasteiger charge is -2.32. The molecule has 0 radical (unpaired) electrons. The molecule has 2 rings (SSSR count). The highest BCUT2D eigenvalue weighted by atomic mass is 35.5. The van der Waals surface area contributed by atoms with Gasteiger partial charge in [0.25, 0.3) is 0 Å². The normalized spacial score (nSPS) is 21.0. The molecule has 0 spiro atoms. The number of rotatable bonds is 2. The second-order valence-corrected chi connectivity index (χ2v) is 4.95. The van der Waals surface area contributed by atoms with E-state index in [1.807, 2.05) is 0 Å². The monoisotopic (exact) mass is 254 g/mol. The smallest absolute Gasteiger partial charge is 0.0237 e. The second kappa shape index (κ2) is 6.39. The van der Waals surface area contributed by atoms with Crippen molar-refractivity contribution in [2.24, 2.45) is 0 Å². The highest BCUT2D eigenvalue weighted by molar-refractivity contribution is 5.85. The summed E-state index contributed by atoms with van der Waals surface area (Å²) in [6, 6.07) is 7.25. The van der Waals surface area contributed by atoms with Crippen molar-refractivity contribution in [3.05, 3.63) is 34.9 Å². The topological polar surface area (TPSA) is 15.3 Å². The SMILES string of the molecule is Cc1cccc(CN2CCNC(C)C2)c1C.Cl. The van der Waals surface area contributed by atoms with Crippen LogP contribution in [0.2, 0.25) is 0 Å². The molecule has 96 valence electrons. The lowest BCUT2D eigenvalue weighted by Crippen LogP contribution is -2.48. The lowest BCUT2D eigenvalue weighted by molar-refractivity contribution is 0.199. The van der Waals surface area contributed by atoms with Crippen molar-refractivity contribution in [2.45, 2.75) is 33.4 Å². The van der Waals surface area contributed by atoms with E-state index in [9.17, 15) is 0 Å². The Bertz CT molecular complexity index is 365. The van der Waals surface area contributed by atoms with E-state index in [0.29, 0.717) is 6.04 Å². The Labute approximate surface area is 111 Å². The summed E-state index contributed by atoms with van der Waals surface area (Å²) in [5.41, 5.74) is 4.34. The van der Waals surface area contributed by atoms with Gasteiger partial charge in [-0.2, -0.15) is 0 Å². The first-order valence-electron chi connectivity index (χ1n) is 6.17. The fourth-order valence-corrected chi connectivity index (χ4v) is 2.38. The van der Waals surface area contributed by atoms with E-state index in [1.165, 1.54) is 16.7 Å². The maximum Gasteiger partial charge on any atom is 0.0237 e. The minimum atomic E-state index is 0. The van der Waals surface area contributed by atoms with Crippen LogP contribution in [-0.2, 0) is 6.54 Å². The van der Waals surface area contributed by atoms with Crippen LogP contribution in [0.15, 0.2) is 18.2 Å². The first kappa shape index (κ1) is 14.5. The molecule has 1 fully saturated rings. The van der Waals surface area contributed by atoms with Crippen LogP contribution < -0.4 is 5.32 Å². The van der Waals surface area contributed by atoms with E-state index in [4.69, 9.17) is 0 Å². The molecule has 1 aliphatic rings. The van der Waals surface area contributed by atoms with E-state index in [2.05, 4.69) is 49.2 Å². The summed E-state index contributed by atoms with van der Waals surface area (Å²) in [7, 11) is 0. The Morgan fingerprint density at radius 3 is 2.82 bits per heavy atom. The maximum absolute atomic E-state index is 3.48. The van der Waals surface area contributed by atoms with Crippen molar-refractivity contribution in [2.75, 3.05) is 19.6 Å². The molecule has 1 aliphatic heterocycles. The average molecular weight is 255 g/mol. The van der Waals surface area contributed by atoms with Gasteiger partial charge in [-0.15, -0.1) is 12.4 Å². The molecule has 1 heterocycles. The number of nitrogens with zero attached hydrogens (tertiary/aromatic N) is 1.